The first-order chi connectivity index (χ1) is 29.8. The predicted octanol–water partition coefficient (Wildman–Crippen LogP) is 16.1. The van der Waals surface area contributed by atoms with Crippen molar-refractivity contribution in [3.8, 4) is 50.2 Å². The van der Waals surface area contributed by atoms with Gasteiger partial charge >= 0.3 is 0 Å². The average Bonchev–Trinajstić information content (AvgIpc) is 3.66. The lowest BCUT2D eigenvalue weighted by molar-refractivity contribution is 1.18. The number of fused-ring (bicyclic) bond motifs is 4. The van der Waals surface area contributed by atoms with Crippen LogP contribution in [-0.4, -0.2) is 4.57 Å². The molecule has 0 saturated carbocycles. The summed E-state index contributed by atoms with van der Waals surface area (Å²) in [4.78, 5) is 2.37. The Morgan fingerprint density at radius 1 is 0.267 bits per heavy atom. The number of nitrogens with zero attached hydrogens (tertiary/aromatic N) is 2. The monoisotopic (exact) mass is 764 g/mol. The summed E-state index contributed by atoms with van der Waals surface area (Å²) in [5.74, 6) is 0. The standard InChI is InChI=1S/C58H40N2/c1-3-18-42(19-4-1)55-40-48(37-38-51(55)52-25-11-14-28-56(52)60-57-29-15-12-26-53(57)54-27-13-16-30-58(54)60)59(46-21-5-2-6-22-46)47-35-33-43(34-36-47)49-23-9-10-24-50(49)45-32-31-41-17-7-8-20-44(41)39-45/h1-40H. The Bertz CT molecular complexity index is 3250. The van der Waals surface area contributed by atoms with Crippen molar-refractivity contribution in [2.24, 2.45) is 0 Å². The molecule has 0 amide bonds. The minimum Gasteiger partial charge on any atom is -0.310 e. The van der Waals surface area contributed by atoms with Gasteiger partial charge in [-0.1, -0.05) is 182 Å². The van der Waals surface area contributed by atoms with E-state index in [1.165, 1.54) is 77.1 Å². The van der Waals surface area contributed by atoms with Crippen molar-refractivity contribution < 1.29 is 0 Å². The SMILES string of the molecule is c1ccc(-c2cc(N(c3ccccc3)c3ccc(-c4ccccc4-c4ccc5ccccc5c4)cc3)ccc2-c2ccccc2-n2c3ccccc3c3ccccc32)cc1. The lowest BCUT2D eigenvalue weighted by atomic mass is 9.92. The zero-order valence-corrected chi connectivity index (χ0v) is 33.0. The van der Waals surface area contributed by atoms with Crippen molar-refractivity contribution >= 4 is 49.6 Å². The summed E-state index contributed by atoms with van der Waals surface area (Å²) in [6.07, 6.45) is 0. The van der Waals surface area contributed by atoms with Crippen molar-refractivity contribution in [1.82, 2.24) is 4.57 Å². The van der Waals surface area contributed by atoms with E-state index in [2.05, 4.69) is 252 Å². The molecule has 0 atom stereocenters. The second-order valence-corrected chi connectivity index (χ2v) is 15.3. The number of anilines is 3. The highest BCUT2D eigenvalue weighted by molar-refractivity contribution is 6.10. The van der Waals surface area contributed by atoms with E-state index >= 15 is 0 Å². The van der Waals surface area contributed by atoms with Crippen LogP contribution in [0.25, 0.3) is 82.8 Å². The van der Waals surface area contributed by atoms with E-state index in [4.69, 9.17) is 0 Å². The molecule has 0 bridgehead atoms. The highest BCUT2D eigenvalue weighted by Crippen LogP contribution is 2.44. The fraction of sp³-hybridized carbons (Fsp3) is 0. The molecule has 11 rings (SSSR count). The Morgan fingerprint density at radius 2 is 0.767 bits per heavy atom. The molecule has 10 aromatic carbocycles. The lowest BCUT2D eigenvalue weighted by Gasteiger charge is -2.27. The molecule has 0 aliphatic rings. The Balaban J connectivity index is 1.05. The van der Waals surface area contributed by atoms with E-state index in [0.29, 0.717) is 0 Å². The van der Waals surface area contributed by atoms with Crippen LogP contribution in [0.5, 0.6) is 0 Å². The summed E-state index contributed by atoms with van der Waals surface area (Å²) in [6, 6.07) is 87.9. The molecule has 0 aliphatic carbocycles. The molecule has 1 aromatic heterocycles. The van der Waals surface area contributed by atoms with Gasteiger partial charge in [-0.2, -0.15) is 0 Å². The minimum absolute atomic E-state index is 1.09. The normalized spacial score (nSPS) is 11.3. The molecule has 0 aliphatic heterocycles. The molecule has 282 valence electrons. The van der Waals surface area contributed by atoms with E-state index in [1.54, 1.807) is 0 Å². The van der Waals surface area contributed by atoms with E-state index in [-0.39, 0.29) is 0 Å². The van der Waals surface area contributed by atoms with Gasteiger partial charge in [-0.3, -0.25) is 0 Å². The smallest absolute Gasteiger partial charge is 0.0541 e. The van der Waals surface area contributed by atoms with Gasteiger partial charge in [0.1, 0.15) is 0 Å². The van der Waals surface area contributed by atoms with Gasteiger partial charge in [0.25, 0.3) is 0 Å². The first-order valence-electron chi connectivity index (χ1n) is 20.6. The summed E-state index contributed by atoms with van der Waals surface area (Å²) >= 11 is 0. The van der Waals surface area contributed by atoms with Crippen LogP contribution >= 0.6 is 0 Å². The van der Waals surface area contributed by atoms with E-state index in [0.717, 1.165) is 22.7 Å². The molecule has 0 unspecified atom stereocenters. The highest BCUT2D eigenvalue weighted by atomic mass is 15.1. The van der Waals surface area contributed by atoms with E-state index in [1.807, 2.05) is 0 Å². The Kier molecular flexibility index (Phi) is 8.87. The van der Waals surface area contributed by atoms with Crippen LogP contribution in [0.4, 0.5) is 17.1 Å². The molecule has 11 aromatic rings. The van der Waals surface area contributed by atoms with Gasteiger partial charge < -0.3 is 9.47 Å². The molecule has 60 heavy (non-hydrogen) atoms. The van der Waals surface area contributed by atoms with Crippen molar-refractivity contribution in [2.45, 2.75) is 0 Å². The minimum atomic E-state index is 1.09. The van der Waals surface area contributed by atoms with Crippen LogP contribution in [0.2, 0.25) is 0 Å². The maximum atomic E-state index is 2.43. The summed E-state index contributed by atoms with van der Waals surface area (Å²) < 4.78 is 2.43. The van der Waals surface area contributed by atoms with Crippen LogP contribution in [0, 0.1) is 0 Å². The number of para-hydroxylation sites is 4. The molecule has 0 radical (unpaired) electrons. The van der Waals surface area contributed by atoms with Gasteiger partial charge in [-0.15, -0.1) is 0 Å². The third-order valence-corrected chi connectivity index (χ3v) is 11.8. The maximum Gasteiger partial charge on any atom is 0.0541 e. The number of hydrogen-bond donors (Lipinski definition) is 0. The zero-order chi connectivity index (χ0) is 39.8. The Morgan fingerprint density at radius 3 is 1.48 bits per heavy atom. The third-order valence-electron chi connectivity index (χ3n) is 11.8. The van der Waals surface area contributed by atoms with E-state index in [9.17, 15) is 0 Å². The third kappa shape index (κ3) is 6.23. The van der Waals surface area contributed by atoms with Gasteiger partial charge in [0.2, 0.25) is 0 Å². The summed E-state index contributed by atoms with van der Waals surface area (Å²) in [7, 11) is 0. The van der Waals surface area contributed by atoms with Crippen molar-refractivity contribution in [3.63, 3.8) is 0 Å². The predicted molar refractivity (Wildman–Crippen MR) is 255 cm³/mol. The fourth-order valence-electron chi connectivity index (χ4n) is 9.00. The number of benzene rings is 10. The lowest BCUT2D eigenvalue weighted by Crippen LogP contribution is -2.10. The first kappa shape index (κ1) is 35.2. The van der Waals surface area contributed by atoms with Gasteiger partial charge in [0.15, 0.2) is 0 Å². The molecule has 0 spiro atoms. The first-order valence-corrected chi connectivity index (χ1v) is 20.6. The van der Waals surface area contributed by atoms with Gasteiger partial charge in [-0.25, -0.2) is 0 Å². The van der Waals surface area contributed by atoms with Crippen molar-refractivity contribution in [2.75, 3.05) is 4.90 Å². The van der Waals surface area contributed by atoms with Gasteiger partial charge in [0.05, 0.1) is 16.7 Å². The van der Waals surface area contributed by atoms with Crippen LogP contribution in [0.3, 0.4) is 0 Å². The van der Waals surface area contributed by atoms with Gasteiger partial charge in [0, 0.05) is 33.4 Å². The molecular formula is C58H40N2. The van der Waals surface area contributed by atoms with E-state index < -0.39 is 0 Å². The summed E-state index contributed by atoms with van der Waals surface area (Å²) in [6.45, 7) is 0. The molecular weight excluding hydrogens is 725 g/mol. The molecule has 0 N–H and O–H groups in total. The topological polar surface area (TPSA) is 8.17 Å². The quantitative estimate of drug-likeness (QED) is 0.150. The molecule has 2 nitrogen and oxygen atoms in total. The Hall–Kier alpha value is -7.94. The molecule has 1 heterocycles. The van der Waals surface area contributed by atoms with Crippen LogP contribution in [0.1, 0.15) is 0 Å². The fourth-order valence-corrected chi connectivity index (χ4v) is 9.00. The number of aromatic nitrogens is 1. The van der Waals surface area contributed by atoms with Crippen LogP contribution < -0.4 is 4.90 Å². The highest BCUT2D eigenvalue weighted by Gasteiger charge is 2.20. The van der Waals surface area contributed by atoms with Crippen molar-refractivity contribution in [3.05, 3.63) is 243 Å². The number of rotatable bonds is 8. The van der Waals surface area contributed by atoms with Crippen LogP contribution in [0.15, 0.2) is 243 Å². The number of hydrogen-bond acceptors (Lipinski definition) is 1. The molecule has 2 heteroatoms. The zero-order valence-electron chi connectivity index (χ0n) is 33.0. The second-order valence-electron chi connectivity index (χ2n) is 15.3. The maximum absolute atomic E-state index is 2.43. The van der Waals surface area contributed by atoms with Crippen LogP contribution in [-0.2, 0) is 0 Å². The molecule has 0 fully saturated rings. The van der Waals surface area contributed by atoms with Crippen molar-refractivity contribution in [1.29, 1.82) is 0 Å². The largest absolute Gasteiger partial charge is 0.310 e. The summed E-state index contributed by atoms with van der Waals surface area (Å²) in [5, 5.41) is 5.00. The summed E-state index contributed by atoms with van der Waals surface area (Å²) in [5.41, 5.74) is 16.3. The molecule has 0 saturated heterocycles. The second kappa shape index (κ2) is 15.1. The average molecular weight is 765 g/mol. The van der Waals surface area contributed by atoms with Gasteiger partial charge in [-0.05, 0) is 110 Å². The Labute approximate surface area is 350 Å².